The quantitative estimate of drug-likeness (QED) is 0.243. The van der Waals surface area contributed by atoms with Crippen LogP contribution in [0.4, 0.5) is 16.3 Å². The number of carbonyl (C=O) groups is 2. The number of hydrogen-bond acceptors (Lipinski definition) is 8. The van der Waals surface area contributed by atoms with E-state index in [0.717, 1.165) is 41.3 Å². The highest BCUT2D eigenvalue weighted by Gasteiger charge is 2.36. The summed E-state index contributed by atoms with van der Waals surface area (Å²) in [5.41, 5.74) is 3.97. The van der Waals surface area contributed by atoms with Crippen LogP contribution in [0.3, 0.4) is 0 Å². The monoisotopic (exact) mass is 633 g/mol. The van der Waals surface area contributed by atoms with Crippen LogP contribution in [-0.4, -0.2) is 91.2 Å². The van der Waals surface area contributed by atoms with Crippen LogP contribution in [0.2, 0.25) is 0 Å². The van der Waals surface area contributed by atoms with Crippen molar-refractivity contribution in [3.05, 3.63) is 101 Å². The molecule has 47 heavy (non-hydrogen) atoms. The van der Waals surface area contributed by atoms with E-state index in [2.05, 4.69) is 51.0 Å². The van der Waals surface area contributed by atoms with Crippen molar-refractivity contribution >= 4 is 34.3 Å². The number of piperazine rings is 1. The van der Waals surface area contributed by atoms with Gasteiger partial charge in [0.15, 0.2) is 0 Å². The third kappa shape index (κ3) is 7.22. The first kappa shape index (κ1) is 31.6. The molecular weight excluding hydrogens is 594 g/mol. The predicted molar refractivity (Wildman–Crippen MR) is 180 cm³/mol. The van der Waals surface area contributed by atoms with Crippen LogP contribution in [0.5, 0.6) is 6.01 Å². The van der Waals surface area contributed by atoms with Gasteiger partial charge < -0.3 is 29.0 Å². The molecule has 0 radical (unpaired) electrons. The van der Waals surface area contributed by atoms with E-state index in [1.807, 2.05) is 36.4 Å². The highest BCUT2D eigenvalue weighted by molar-refractivity contribution is 5.94. The van der Waals surface area contributed by atoms with Gasteiger partial charge in [0.05, 0.1) is 18.7 Å². The molecule has 11 heteroatoms. The van der Waals surface area contributed by atoms with Gasteiger partial charge in [-0.05, 0) is 23.4 Å². The van der Waals surface area contributed by atoms with Crippen LogP contribution in [-0.2, 0) is 29.1 Å². The van der Waals surface area contributed by atoms with Crippen LogP contribution < -0.4 is 14.5 Å². The third-order valence-corrected chi connectivity index (χ3v) is 8.70. The molecule has 1 atom stereocenters. The Morgan fingerprint density at radius 3 is 2.55 bits per heavy atom. The average molecular weight is 634 g/mol. The Hall–Kier alpha value is -5.37. The summed E-state index contributed by atoms with van der Waals surface area (Å²) in [6.45, 7) is 10.8. The smallest absolute Gasteiger partial charge is 0.410 e. The van der Waals surface area contributed by atoms with Gasteiger partial charge in [-0.2, -0.15) is 9.97 Å². The SMILES string of the molecule is [C-]#[N+]C[C@H]1CN(c2nc(OCCC(=O)N(C)C)nc3c2CCN(c2cccc4ccccc24)C3)CCN1C(=O)OCc1ccccc1. The maximum Gasteiger partial charge on any atom is 0.410 e. The van der Waals surface area contributed by atoms with Gasteiger partial charge in [-0.1, -0.05) is 66.7 Å². The summed E-state index contributed by atoms with van der Waals surface area (Å²) < 4.78 is 11.6. The highest BCUT2D eigenvalue weighted by atomic mass is 16.6. The lowest BCUT2D eigenvalue weighted by molar-refractivity contribution is -0.129. The van der Waals surface area contributed by atoms with Crippen LogP contribution in [0.15, 0.2) is 72.8 Å². The second-order valence-electron chi connectivity index (χ2n) is 12.0. The van der Waals surface area contributed by atoms with E-state index >= 15 is 0 Å². The topological polar surface area (TPSA) is 95.7 Å². The number of amides is 2. The van der Waals surface area contributed by atoms with E-state index in [4.69, 9.17) is 26.0 Å². The van der Waals surface area contributed by atoms with E-state index in [0.29, 0.717) is 26.2 Å². The second kappa shape index (κ2) is 14.4. The molecule has 1 fully saturated rings. The molecule has 1 aromatic heterocycles. The van der Waals surface area contributed by atoms with Crippen LogP contribution in [0.1, 0.15) is 23.2 Å². The van der Waals surface area contributed by atoms with Crippen molar-refractivity contribution in [2.45, 2.75) is 32.0 Å². The number of anilines is 2. The Morgan fingerprint density at radius 1 is 0.957 bits per heavy atom. The molecular formula is C36H39N7O4. The molecule has 4 aromatic rings. The zero-order valence-corrected chi connectivity index (χ0v) is 26.8. The van der Waals surface area contributed by atoms with Gasteiger partial charge in [0.25, 0.3) is 0 Å². The first-order chi connectivity index (χ1) is 22.9. The second-order valence-corrected chi connectivity index (χ2v) is 12.0. The largest absolute Gasteiger partial charge is 0.463 e. The van der Waals surface area contributed by atoms with Gasteiger partial charge in [0.2, 0.25) is 12.5 Å². The first-order valence-corrected chi connectivity index (χ1v) is 15.9. The number of fused-ring (bicyclic) bond motifs is 2. The zero-order valence-electron chi connectivity index (χ0n) is 26.8. The summed E-state index contributed by atoms with van der Waals surface area (Å²) in [7, 11) is 3.43. The summed E-state index contributed by atoms with van der Waals surface area (Å²) in [5, 5.41) is 2.36. The number of nitrogens with zero attached hydrogens (tertiary/aromatic N) is 7. The Labute approximate surface area is 275 Å². The maximum absolute atomic E-state index is 13.2. The lowest BCUT2D eigenvalue weighted by Gasteiger charge is -2.40. The van der Waals surface area contributed by atoms with Crippen molar-refractivity contribution in [2.75, 3.05) is 63.2 Å². The summed E-state index contributed by atoms with van der Waals surface area (Å²) in [4.78, 5) is 46.5. The Morgan fingerprint density at radius 2 is 1.74 bits per heavy atom. The van der Waals surface area contributed by atoms with Crippen molar-refractivity contribution < 1.29 is 19.1 Å². The van der Waals surface area contributed by atoms with Crippen molar-refractivity contribution in [1.82, 2.24) is 19.8 Å². The van der Waals surface area contributed by atoms with E-state index in [1.165, 1.54) is 15.7 Å². The summed E-state index contributed by atoms with van der Waals surface area (Å²) >= 11 is 0. The summed E-state index contributed by atoms with van der Waals surface area (Å²) in [6, 6.07) is 24.1. The van der Waals surface area contributed by atoms with Gasteiger partial charge in [0.1, 0.15) is 25.1 Å². The lowest BCUT2D eigenvalue weighted by Crippen LogP contribution is -2.57. The molecule has 1 saturated heterocycles. The standard InChI is InChI=1S/C36H39N7O4/c1-37-22-28-23-42(19-20-43(28)36(45)47-25-26-10-5-4-6-11-26)34-30-16-18-41(32-15-9-13-27-12-7-8-14-29(27)32)24-31(30)38-35(39-34)46-21-17-33(44)40(2)3/h4-15,28H,16-25H2,2-3H3/t28-/m0/s1. The summed E-state index contributed by atoms with van der Waals surface area (Å²) in [5.74, 6) is 0.719. The van der Waals surface area contributed by atoms with Gasteiger partial charge in [-0.25, -0.2) is 11.4 Å². The van der Waals surface area contributed by atoms with Crippen molar-refractivity contribution in [1.29, 1.82) is 0 Å². The number of carbonyl (C=O) groups excluding carboxylic acids is 2. The summed E-state index contributed by atoms with van der Waals surface area (Å²) in [6.07, 6.45) is 0.508. The van der Waals surface area contributed by atoms with Gasteiger partial charge in [-0.3, -0.25) is 9.69 Å². The Balaban J connectivity index is 1.25. The minimum absolute atomic E-state index is 0.0393. The molecule has 11 nitrogen and oxygen atoms in total. The molecule has 0 saturated carbocycles. The van der Waals surface area contributed by atoms with E-state index in [-0.39, 0.29) is 44.1 Å². The molecule has 2 amide bonds. The Kier molecular flexibility index (Phi) is 9.67. The van der Waals surface area contributed by atoms with Crippen molar-refractivity contribution in [3.63, 3.8) is 0 Å². The average Bonchev–Trinajstić information content (AvgIpc) is 3.10. The maximum atomic E-state index is 13.2. The molecule has 2 aliphatic rings. The lowest BCUT2D eigenvalue weighted by atomic mass is 10.0. The molecule has 0 aliphatic carbocycles. The van der Waals surface area contributed by atoms with Crippen LogP contribution in [0, 0.1) is 6.57 Å². The molecule has 6 rings (SSSR count). The number of hydrogen-bond donors (Lipinski definition) is 0. The predicted octanol–water partition coefficient (Wildman–Crippen LogP) is 4.80. The number of aromatic nitrogens is 2. The molecule has 242 valence electrons. The normalized spacial score (nSPS) is 15.9. The fraction of sp³-hybridized carbons (Fsp3) is 0.361. The third-order valence-electron chi connectivity index (χ3n) is 8.70. The van der Waals surface area contributed by atoms with E-state index < -0.39 is 6.09 Å². The van der Waals surface area contributed by atoms with Crippen molar-refractivity contribution in [2.24, 2.45) is 0 Å². The molecule has 2 aliphatic heterocycles. The fourth-order valence-corrected chi connectivity index (χ4v) is 6.21. The van der Waals surface area contributed by atoms with Crippen LogP contribution >= 0.6 is 0 Å². The minimum Gasteiger partial charge on any atom is -0.463 e. The first-order valence-electron chi connectivity index (χ1n) is 15.9. The van der Waals surface area contributed by atoms with Crippen molar-refractivity contribution in [3.8, 4) is 6.01 Å². The molecule has 3 aromatic carbocycles. The number of rotatable bonds is 9. The number of ether oxygens (including phenoxy) is 2. The molecule has 0 N–H and O–H groups in total. The molecule has 0 unspecified atom stereocenters. The van der Waals surface area contributed by atoms with E-state index in [1.54, 1.807) is 19.0 Å². The Bertz CT molecular complexity index is 1770. The van der Waals surface area contributed by atoms with Gasteiger partial charge in [0, 0.05) is 56.9 Å². The highest BCUT2D eigenvalue weighted by Crippen LogP contribution is 2.34. The fourth-order valence-electron chi connectivity index (χ4n) is 6.21. The number of benzene rings is 3. The van der Waals surface area contributed by atoms with Crippen LogP contribution in [0.25, 0.3) is 15.6 Å². The molecule has 0 bridgehead atoms. The van der Waals surface area contributed by atoms with Gasteiger partial charge >= 0.3 is 12.1 Å². The molecule has 3 heterocycles. The van der Waals surface area contributed by atoms with E-state index in [9.17, 15) is 9.59 Å². The minimum atomic E-state index is -0.424. The van der Waals surface area contributed by atoms with Gasteiger partial charge in [-0.15, -0.1) is 0 Å². The molecule has 0 spiro atoms. The zero-order chi connectivity index (χ0) is 32.8.